The number of nitrogens with zero attached hydrogens (tertiary/aromatic N) is 1. The third-order valence-corrected chi connectivity index (χ3v) is 3.95. The predicted octanol–water partition coefficient (Wildman–Crippen LogP) is 3.92. The van der Waals surface area contributed by atoms with Gasteiger partial charge in [0, 0.05) is 17.2 Å². The largest absolute Gasteiger partial charge is 0.508 e. The maximum Gasteiger partial charge on any atom is 0.271 e. The SMILES string of the molecule is CC(=NNC(=O)c1ccc(-c2ccccc2)cc1)c1ccc(O)cc1O. The molecule has 0 aliphatic carbocycles. The van der Waals surface area contributed by atoms with Crippen molar-refractivity contribution in [2.45, 2.75) is 6.92 Å². The normalized spacial score (nSPS) is 11.2. The second-order valence-electron chi connectivity index (χ2n) is 5.78. The minimum absolute atomic E-state index is 0.0402. The second-order valence-corrected chi connectivity index (χ2v) is 5.78. The summed E-state index contributed by atoms with van der Waals surface area (Å²) < 4.78 is 0. The Morgan fingerprint density at radius 3 is 2.19 bits per heavy atom. The molecule has 0 unspecified atom stereocenters. The minimum atomic E-state index is -0.345. The van der Waals surface area contributed by atoms with Crippen LogP contribution in [0.4, 0.5) is 0 Å². The lowest BCUT2D eigenvalue weighted by molar-refractivity contribution is 0.0955. The molecule has 5 heteroatoms. The molecule has 0 fully saturated rings. The average Bonchev–Trinajstić information content (AvgIpc) is 2.66. The zero-order chi connectivity index (χ0) is 18.5. The Balaban J connectivity index is 1.71. The molecule has 0 saturated heterocycles. The van der Waals surface area contributed by atoms with E-state index < -0.39 is 0 Å². The number of aromatic hydroxyl groups is 2. The number of amides is 1. The highest BCUT2D eigenvalue weighted by atomic mass is 16.3. The van der Waals surface area contributed by atoms with Gasteiger partial charge < -0.3 is 10.2 Å². The van der Waals surface area contributed by atoms with Gasteiger partial charge in [-0.3, -0.25) is 4.79 Å². The summed E-state index contributed by atoms with van der Waals surface area (Å²) in [6.07, 6.45) is 0. The second kappa shape index (κ2) is 7.53. The van der Waals surface area contributed by atoms with E-state index in [2.05, 4.69) is 10.5 Å². The monoisotopic (exact) mass is 346 g/mol. The van der Waals surface area contributed by atoms with Gasteiger partial charge >= 0.3 is 0 Å². The number of hydrogen-bond acceptors (Lipinski definition) is 4. The van der Waals surface area contributed by atoms with Gasteiger partial charge in [-0.2, -0.15) is 5.10 Å². The average molecular weight is 346 g/mol. The molecule has 0 spiro atoms. The van der Waals surface area contributed by atoms with Crippen LogP contribution in [0, 0.1) is 0 Å². The number of nitrogens with one attached hydrogen (secondary N) is 1. The number of phenolic OH excluding ortho intramolecular Hbond substituents is 2. The summed E-state index contributed by atoms with van der Waals surface area (Å²) in [5, 5.41) is 23.2. The van der Waals surface area contributed by atoms with E-state index in [0.717, 1.165) is 11.1 Å². The summed E-state index contributed by atoms with van der Waals surface area (Å²) in [4.78, 5) is 12.2. The van der Waals surface area contributed by atoms with Gasteiger partial charge in [-0.1, -0.05) is 42.5 Å². The zero-order valence-corrected chi connectivity index (χ0v) is 14.2. The van der Waals surface area contributed by atoms with Crippen molar-refractivity contribution in [3.05, 3.63) is 83.9 Å². The van der Waals surface area contributed by atoms with Crippen molar-refractivity contribution >= 4 is 11.6 Å². The molecule has 1 amide bonds. The third kappa shape index (κ3) is 3.89. The molecule has 130 valence electrons. The molecule has 0 radical (unpaired) electrons. The van der Waals surface area contributed by atoms with E-state index in [-0.39, 0.29) is 17.4 Å². The van der Waals surface area contributed by atoms with Crippen molar-refractivity contribution in [3.63, 3.8) is 0 Å². The van der Waals surface area contributed by atoms with Crippen LogP contribution in [0.15, 0.2) is 77.9 Å². The molecule has 5 nitrogen and oxygen atoms in total. The van der Waals surface area contributed by atoms with Gasteiger partial charge in [0.1, 0.15) is 11.5 Å². The number of phenols is 2. The van der Waals surface area contributed by atoms with Crippen LogP contribution >= 0.6 is 0 Å². The first-order chi connectivity index (χ1) is 12.5. The van der Waals surface area contributed by atoms with Crippen LogP contribution in [0.1, 0.15) is 22.8 Å². The van der Waals surface area contributed by atoms with E-state index in [9.17, 15) is 15.0 Å². The van der Waals surface area contributed by atoms with Crippen molar-refractivity contribution in [1.82, 2.24) is 5.43 Å². The summed E-state index contributed by atoms with van der Waals surface area (Å²) in [5.41, 5.74) is 5.92. The molecule has 0 bridgehead atoms. The quantitative estimate of drug-likeness (QED) is 0.495. The highest BCUT2D eigenvalue weighted by Crippen LogP contribution is 2.23. The molecular formula is C21H18N2O3. The smallest absolute Gasteiger partial charge is 0.271 e. The summed E-state index contributed by atoms with van der Waals surface area (Å²) in [6.45, 7) is 1.66. The molecule has 0 atom stereocenters. The predicted molar refractivity (Wildman–Crippen MR) is 101 cm³/mol. The molecule has 3 aromatic rings. The van der Waals surface area contributed by atoms with E-state index in [1.54, 1.807) is 19.1 Å². The molecule has 0 aromatic heterocycles. The van der Waals surface area contributed by atoms with Gasteiger partial charge in [-0.05, 0) is 42.3 Å². The Kier molecular flexibility index (Phi) is 4.99. The number of benzene rings is 3. The van der Waals surface area contributed by atoms with Crippen LogP contribution in [-0.2, 0) is 0 Å². The van der Waals surface area contributed by atoms with E-state index in [0.29, 0.717) is 16.8 Å². The molecule has 0 heterocycles. The van der Waals surface area contributed by atoms with Crippen molar-refractivity contribution < 1.29 is 15.0 Å². The molecule has 26 heavy (non-hydrogen) atoms. The van der Waals surface area contributed by atoms with Gasteiger partial charge in [-0.25, -0.2) is 5.43 Å². The minimum Gasteiger partial charge on any atom is -0.508 e. The first-order valence-electron chi connectivity index (χ1n) is 8.07. The summed E-state index contributed by atoms with van der Waals surface area (Å²) in [7, 11) is 0. The first-order valence-corrected chi connectivity index (χ1v) is 8.07. The van der Waals surface area contributed by atoms with Gasteiger partial charge in [-0.15, -0.1) is 0 Å². The van der Waals surface area contributed by atoms with Gasteiger partial charge in [0.15, 0.2) is 0 Å². The molecule has 0 aliphatic rings. The van der Waals surface area contributed by atoms with Crippen LogP contribution in [-0.4, -0.2) is 21.8 Å². The lowest BCUT2D eigenvalue weighted by Gasteiger charge is -2.06. The fraction of sp³-hybridized carbons (Fsp3) is 0.0476. The van der Waals surface area contributed by atoms with Crippen LogP contribution in [0.2, 0.25) is 0 Å². The van der Waals surface area contributed by atoms with Crippen LogP contribution in [0.5, 0.6) is 11.5 Å². The number of rotatable bonds is 4. The molecule has 0 saturated carbocycles. The fourth-order valence-electron chi connectivity index (χ4n) is 2.53. The number of carbonyl (C=O) groups is 1. The molecule has 3 aromatic carbocycles. The maximum atomic E-state index is 12.2. The van der Waals surface area contributed by atoms with Crippen molar-refractivity contribution in [1.29, 1.82) is 0 Å². The lowest BCUT2D eigenvalue weighted by Crippen LogP contribution is -2.19. The standard InChI is InChI=1S/C21H18N2O3/c1-14(19-12-11-18(24)13-20(19)25)22-23-21(26)17-9-7-16(8-10-17)15-5-3-2-4-6-15/h2-13,24-25H,1H3,(H,23,26). The number of carbonyl (C=O) groups excluding carboxylic acids is 1. The van der Waals surface area contributed by atoms with E-state index in [1.807, 2.05) is 42.5 Å². The summed E-state index contributed by atoms with van der Waals surface area (Å²) >= 11 is 0. The maximum absolute atomic E-state index is 12.2. The fourth-order valence-corrected chi connectivity index (χ4v) is 2.53. The lowest BCUT2D eigenvalue weighted by atomic mass is 10.0. The highest BCUT2D eigenvalue weighted by molar-refractivity contribution is 6.02. The Morgan fingerprint density at radius 2 is 1.54 bits per heavy atom. The van der Waals surface area contributed by atoms with Crippen LogP contribution < -0.4 is 5.43 Å². The number of hydrazone groups is 1. The van der Waals surface area contributed by atoms with E-state index in [4.69, 9.17) is 0 Å². The van der Waals surface area contributed by atoms with Crippen LogP contribution in [0.25, 0.3) is 11.1 Å². The Bertz CT molecular complexity index is 949. The van der Waals surface area contributed by atoms with Gasteiger partial charge in [0.25, 0.3) is 5.91 Å². The Labute approximate surface area is 151 Å². The third-order valence-electron chi connectivity index (χ3n) is 3.95. The van der Waals surface area contributed by atoms with Gasteiger partial charge in [0.05, 0.1) is 5.71 Å². The van der Waals surface area contributed by atoms with Crippen LogP contribution in [0.3, 0.4) is 0 Å². The Morgan fingerprint density at radius 1 is 0.885 bits per heavy atom. The molecule has 3 rings (SSSR count). The first kappa shape index (κ1) is 17.2. The highest BCUT2D eigenvalue weighted by Gasteiger charge is 2.08. The van der Waals surface area contributed by atoms with E-state index >= 15 is 0 Å². The Hall–Kier alpha value is -3.60. The van der Waals surface area contributed by atoms with Gasteiger partial charge in [0.2, 0.25) is 0 Å². The van der Waals surface area contributed by atoms with Crippen molar-refractivity contribution in [3.8, 4) is 22.6 Å². The van der Waals surface area contributed by atoms with Crippen molar-refractivity contribution in [2.75, 3.05) is 0 Å². The number of hydrogen-bond donors (Lipinski definition) is 3. The van der Waals surface area contributed by atoms with E-state index in [1.165, 1.54) is 18.2 Å². The molecule has 0 aliphatic heterocycles. The summed E-state index contributed by atoms with van der Waals surface area (Å²) in [5.74, 6) is -0.489. The topological polar surface area (TPSA) is 81.9 Å². The summed E-state index contributed by atoms with van der Waals surface area (Å²) in [6, 6.07) is 21.3. The molecular weight excluding hydrogens is 328 g/mol. The zero-order valence-electron chi connectivity index (χ0n) is 14.2. The van der Waals surface area contributed by atoms with Crippen molar-refractivity contribution in [2.24, 2.45) is 5.10 Å². The molecule has 3 N–H and O–H groups in total.